The Hall–Kier alpha value is -3.06. The standard InChI is InChI=1S/C19H20N4O3/c1-22(2)10-18-21-14-5-3-4-6-15(14)23(18)11-19(24)20-13-7-8-16-17(9-13)26-12-25-16/h3-9H,10-12H2,1-2H3,(H,20,24). The van der Waals surface area contributed by atoms with Crippen LogP contribution >= 0.6 is 0 Å². The van der Waals surface area contributed by atoms with Gasteiger partial charge in [0.15, 0.2) is 11.5 Å². The smallest absolute Gasteiger partial charge is 0.244 e. The van der Waals surface area contributed by atoms with Crippen LogP contribution in [0.3, 0.4) is 0 Å². The van der Waals surface area contributed by atoms with E-state index in [1.165, 1.54) is 0 Å². The molecule has 0 radical (unpaired) electrons. The van der Waals surface area contributed by atoms with E-state index >= 15 is 0 Å². The van der Waals surface area contributed by atoms with Crippen molar-refractivity contribution in [1.82, 2.24) is 14.5 Å². The van der Waals surface area contributed by atoms with Crippen LogP contribution in [0.5, 0.6) is 11.5 Å². The Bertz CT molecular complexity index is 965. The van der Waals surface area contributed by atoms with E-state index in [1.807, 2.05) is 47.8 Å². The molecule has 26 heavy (non-hydrogen) atoms. The molecule has 1 aromatic heterocycles. The summed E-state index contributed by atoms with van der Waals surface area (Å²) in [6.45, 7) is 1.06. The number of ether oxygens (including phenoxy) is 2. The molecule has 0 bridgehead atoms. The number of fused-ring (bicyclic) bond motifs is 2. The molecule has 2 heterocycles. The Morgan fingerprint density at radius 2 is 2.00 bits per heavy atom. The van der Waals surface area contributed by atoms with Crippen molar-refractivity contribution < 1.29 is 14.3 Å². The largest absolute Gasteiger partial charge is 0.454 e. The van der Waals surface area contributed by atoms with Crippen LogP contribution in [-0.2, 0) is 17.9 Å². The average Bonchev–Trinajstić information content (AvgIpc) is 3.19. The minimum absolute atomic E-state index is 0.118. The molecule has 1 amide bonds. The van der Waals surface area contributed by atoms with Crippen LogP contribution in [0.2, 0.25) is 0 Å². The number of nitrogens with one attached hydrogen (secondary N) is 1. The maximum Gasteiger partial charge on any atom is 0.244 e. The van der Waals surface area contributed by atoms with E-state index in [0.717, 1.165) is 16.9 Å². The van der Waals surface area contributed by atoms with Gasteiger partial charge in [0, 0.05) is 11.8 Å². The van der Waals surface area contributed by atoms with E-state index in [4.69, 9.17) is 9.47 Å². The van der Waals surface area contributed by atoms with Gasteiger partial charge in [-0.25, -0.2) is 4.98 Å². The minimum Gasteiger partial charge on any atom is -0.454 e. The number of nitrogens with zero attached hydrogens (tertiary/aromatic N) is 3. The first-order valence-electron chi connectivity index (χ1n) is 8.38. The lowest BCUT2D eigenvalue weighted by molar-refractivity contribution is -0.116. The van der Waals surface area contributed by atoms with Gasteiger partial charge in [0.05, 0.1) is 17.6 Å². The second-order valence-electron chi connectivity index (χ2n) is 6.46. The average molecular weight is 352 g/mol. The molecular weight excluding hydrogens is 332 g/mol. The molecule has 1 N–H and O–H groups in total. The van der Waals surface area contributed by atoms with Gasteiger partial charge < -0.3 is 24.3 Å². The van der Waals surface area contributed by atoms with Crippen molar-refractivity contribution in [2.45, 2.75) is 13.1 Å². The lowest BCUT2D eigenvalue weighted by atomic mass is 10.2. The van der Waals surface area contributed by atoms with Crippen molar-refractivity contribution >= 4 is 22.6 Å². The molecule has 0 spiro atoms. The summed E-state index contributed by atoms with van der Waals surface area (Å²) >= 11 is 0. The monoisotopic (exact) mass is 352 g/mol. The highest BCUT2D eigenvalue weighted by Gasteiger charge is 2.16. The van der Waals surface area contributed by atoms with Crippen LogP contribution in [0.25, 0.3) is 11.0 Å². The van der Waals surface area contributed by atoms with Crippen LogP contribution in [0, 0.1) is 0 Å². The number of carbonyl (C=O) groups is 1. The van der Waals surface area contributed by atoms with Gasteiger partial charge in [-0.05, 0) is 38.4 Å². The molecule has 3 aromatic rings. The number of hydrogen-bond donors (Lipinski definition) is 1. The van der Waals surface area contributed by atoms with Crippen LogP contribution < -0.4 is 14.8 Å². The van der Waals surface area contributed by atoms with E-state index in [2.05, 4.69) is 10.3 Å². The zero-order chi connectivity index (χ0) is 18.1. The molecule has 0 aliphatic carbocycles. The molecule has 1 aliphatic rings. The lowest BCUT2D eigenvalue weighted by Gasteiger charge is -2.13. The third kappa shape index (κ3) is 3.21. The number of aromatic nitrogens is 2. The summed E-state index contributed by atoms with van der Waals surface area (Å²) in [5, 5.41) is 2.92. The number of amides is 1. The zero-order valence-electron chi connectivity index (χ0n) is 14.7. The maximum atomic E-state index is 12.6. The minimum atomic E-state index is -0.118. The second-order valence-corrected chi connectivity index (χ2v) is 6.46. The summed E-state index contributed by atoms with van der Waals surface area (Å²) in [5.41, 5.74) is 2.52. The Morgan fingerprint density at radius 1 is 1.19 bits per heavy atom. The molecular formula is C19H20N4O3. The highest BCUT2D eigenvalue weighted by molar-refractivity contribution is 5.92. The fourth-order valence-corrected chi connectivity index (χ4v) is 3.02. The first kappa shape index (κ1) is 16.4. The SMILES string of the molecule is CN(C)Cc1nc2ccccc2n1CC(=O)Nc1ccc2c(c1)OCO2. The van der Waals surface area contributed by atoms with Crippen molar-refractivity contribution in [2.75, 3.05) is 26.2 Å². The van der Waals surface area contributed by atoms with Crippen LogP contribution in [0.15, 0.2) is 42.5 Å². The van der Waals surface area contributed by atoms with Crippen LogP contribution in [-0.4, -0.2) is 41.2 Å². The van der Waals surface area contributed by atoms with Gasteiger partial charge >= 0.3 is 0 Å². The van der Waals surface area contributed by atoms with Gasteiger partial charge in [-0.2, -0.15) is 0 Å². The predicted molar refractivity (Wildman–Crippen MR) is 98.3 cm³/mol. The molecule has 4 rings (SSSR count). The molecule has 1 aliphatic heterocycles. The van der Waals surface area contributed by atoms with Gasteiger partial charge in [-0.3, -0.25) is 4.79 Å². The van der Waals surface area contributed by atoms with Gasteiger partial charge in [-0.1, -0.05) is 12.1 Å². The molecule has 7 nitrogen and oxygen atoms in total. The summed E-state index contributed by atoms with van der Waals surface area (Å²) in [5.74, 6) is 2.07. The zero-order valence-corrected chi connectivity index (χ0v) is 14.7. The fraction of sp³-hybridized carbons (Fsp3) is 0.263. The van der Waals surface area contributed by atoms with Crippen molar-refractivity contribution in [2.24, 2.45) is 0 Å². The number of benzene rings is 2. The number of para-hydroxylation sites is 2. The Kier molecular flexibility index (Phi) is 4.22. The summed E-state index contributed by atoms with van der Waals surface area (Å²) in [6, 6.07) is 13.2. The fourth-order valence-electron chi connectivity index (χ4n) is 3.02. The highest BCUT2D eigenvalue weighted by Crippen LogP contribution is 2.34. The van der Waals surface area contributed by atoms with Gasteiger partial charge in [0.2, 0.25) is 12.7 Å². The maximum absolute atomic E-state index is 12.6. The number of anilines is 1. The molecule has 2 aromatic carbocycles. The molecule has 0 saturated heterocycles. The topological polar surface area (TPSA) is 68.6 Å². The molecule has 0 saturated carbocycles. The Morgan fingerprint density at radius 3 is 2.85 bits per heavy atom. The molecule has 0 atom stereocenters. The van der Waals surface area contributed by atoms with Crippen molar-refractivity contribution in [3.63, 3.8) is 0 Å². The van der Waals surface area contributed by atoms with Crippen molar-refractivity contribution in [1.29, 1.82) is 0 Å². The van der Waals surface area contributed by atoms with E-state index in [1.54, 1.807) is 18.2 Å². The molecule has 7 heteroatoms. The number of rotatable bonds is 5. The quantitative estimate of drug-likeness (QED) is 0.764. The van der Waals surface area contributed by atoms with Gasteiger partial charge in [0.25, 0.3) is 0 Å². The normalized spacial score (nSPS) is 12.7. The van der Waals surface area contributed by atoms with E-state index in [9.17, 15) is 4.79 Å². The van der Waals surface area contributed by atoms with Gasteiger partial charge in [-0.15, -0.1) is 0 Å². The summed E-state index contributed by atoms with van der Waals surface area (Å²) in [6.07, 6.45) is 0. The summed E-state index contributed by atoms with van der Waals surface area (Å²) < 4.78 is 12.6. The molecule has 134 valence electrons. The Balaban J connectivity index is 1.57. The second kappa shape index (κ2) is 6.68. The van der Waals surface area contributed by atoms with E-state index < -0.39 is 0 Å². The summed E-state index contributed by atoms with van der Waals surface area (Å²) in [4.78, 5) is 19.3. The molecule has 0 unspecified atom stereocenters. The van der Waals surface area contributed by atoms with Crippen LogP contribution in [0.1, 0.15) is 5.82 Å². The van der Waals surface area contributed by atoms with Gasteiger partial charge in [0.1, 0.15) is 12.4 Å². The predicted octanol–water partition coefficient (Wildman–Crippen LogP) is 2.47. The first-order chi connectivity index (χ1) is 12.6. The van der Waals surface area contributed by atoms with Crippen molar-refractivity contribution in [3.8, 4) is 11.5 Å². The summed E-state index contributed by atoms with van der Waals surface area (Å²) in [7, 11) is 3.97. The lowest BCUT2D eigenvalue weighted by Crippen LogP contribution is -2.22. The molecule has 0 fully saturated rings. The van der Waals surface area contributed by atoms with E-state index in [-0.39, 0.29) is 19.2 Å². The van der Waals surface area contributed by atoms with Crippen molar-refractivity contribution in [3.05, 3.63) is 48.3 Å². The van der Waals surface area contributed by atoms with E-state index in [0.29, 0.717) is 23.7 Å². The first-order valence-corrected chi connectivity index (χ1v) is 8.38. The number of hydrogen-bond acceptors (Lipinski definition) is 5. The number of carbonyl (C=O) groups excluding carboxylic acids is 1. The Labute approximate surface area is 151 Å². The number of imidazole rings is 1. The third-order valence-corrected chi connectivity index (χ3v) is 4.15. The highest BCUT2D eigenvalue weighted by atomic mass is 16.7. The third-order valence-electron chi connectivity index (χ3n) is 4.15. The van der Waals surface area contributed by atoms with Crippen LogP contribution in [0.4, 0.5) is 5.69 Å².